The van der Waals surface area contributed by atoms with Crippen LogP contribution in [-0.4, -0.2) is 56.1 Å². The van der Waals surface area contributed by atoms with E-state index < -0.39 is 0 Å². The average molecular weight is 414 g/mol. The Morgan fingerprint density at radius 2 is 1.67 bits per heavy atom. The number of aromatic nitrogens is 1. The molecule has 0 fully saturated rings. The van der Waals surface area contributed by atoms with E-state index in [1.165, 1.54) is 29.9 Å². The summed E-state index contributed by atoms with van der Waals surface area (Å²) < 4.78 is 16.8. The Morgan fingerprint density at radius 1 is 1.00 bits per heavy atom. The van der Waals surface area contributed by atoms with Gasteiger partial charge in [-0.25, -0.2) is 4.98 Å². The summed E-state index contributed by atoms with van der Waals surface area (Å²) in [6.07, 6.45) is 9.79. The Hall–Kier alpha value is -0.400. The molecular formula is C21H35NO3S2. The largest absolute Gasteiger partial charge is 0.379 e. The van der Waals surface area contributed by atoms with Crippen LogP contribution < -0.4 is 0 Å². The lowest BCUT2D eigenvalue weighted by Crippen LogP contribution is -2.12. The minimum Gasteiger partial charge on any atom is -0.379 e. The lowest BCUT2D eigenvalue weighted by atomic mass is 9.88. The highest BCUT2D eigenvalue weighted by molar-refractivity contribution is 7.99. The quantitative estimate of drug-likeness (QED) is 0.306. The first-order chi connectivity index (χ1) is 13.3. The summed E-state index contributed by atoms with van der Waals surface area (Å²) in [6, 6.07) is 0. The summed E-state index contributed by atoms with van der Waals surface area (Å²) in [5.41, 5.74) is 3.01. The monoisotopic (exact) mass is 413 g/mol. The zero-order chi connectivity index (χ0) is 19.2. The lowest BCUT2D eigenvalue weighted by Gasteiger charge is -2.21. The molecule has 1 aromatic heterocycles. The summed E-state index contributed by atoms with van der Waals surface area (Å²) in [5, 5.41) is 0. The molecule has 0 radical (unpaired) electrons. The van der Waals surface area contributed by atoms with E-state index in [0.29, 0.717) is 26.4 Å². The second-order valence-electron chi connectivity index (χ2n) is 6.91. The van der Waals surface area contributed by atoms with Crippen molar-refractivity contribution in [1.29, 1.82) is 0 Å². The molecule has 2 rings (SSSR count). The van der Waals surface area contributed by atoms with Crippen LogP contribution in [0.4, 0.5) is 0 Å². The van der Waals surface area contributed by atoms with Gasteiger partial charge in [-0.3, -0.25) is 0 Å². The highest BCUT2D eigenvalue weighted by Crippen LogP contribution is 2.26. The number of hydrogen-bond donors (Lipinski definition) is 0. The van der Waals surface area contributed by atoms with Crippen LogP contribution >= 0.6 is 23.1 Å². The zero-order valence-electron chi connectivity index (χ0n) is 16.9. The standard InChI is InChI=1S/C21H35NO3S2/c1-3-19-4-6-20(7-5-19)16-26-15-14-25-13-12-24-11-10-23-9-8-21-18(2)22-17-27-21/h4,6,17,19-20H,3,5,7-16H2,1-2H3. The van der Waals surface area contributed by atoms with E-state index in [2.05, 4.69) is 24.1 Å². The Bertz CT molecular complexity index is 521. The van der Waals surface area contributed by atoms with Crippen LogP contribution in [0.15, 0.2) is 17.7 Å². The Morgan fingerprint density at radius 3 is 2.30 bits per heavy atom. The van der Waals surface area contributed by atoms with E-state index in [-0.39, 0.29) is 0 Å². The SMILES string of the molecule is CCC1C=CC(CSCCOCCOCCOCCc2scnc2C)CC1. The van der Waals surface area contributed by atoms with Gasteiger partial charge in [0.05, 0.1) is 50.8 Å². The third-order valence-corrected chi connectivity index (χ3v) is 6.97. The van der Waals surface area contributed by atoms with Gasteiger partial charge in [0.15, 0.2) is 0 Å². The fraction of sp³-hybridized carbons (Fsp3) is 0.762. The lowest BCUT2D eigenvalue weighted by molar-refractivity contribution is 0.0181. The van der Waals surface area contributed by atoms with E-state index in [1.54, 1.807) is 11.3 Å². The topological polar surface area (TPSA) is 40.6 Å². The summed E-state index contributed by atoms with van der Waals surface area (Å²) >= 11 is 3.70. The maximum Gasteiger partial charge on any atom is 0.0797 e. The molecule has 0 amide bonds. The number of nitrogens with zero attached hydrogens (tertiary/aromatic N) is 1. The summed E-state index contributed by atoms with van der Waals surface area (Å²) in [6.45, 7) is 8.45. The first-order valence-corrected chi connectivity index (χ1v) is 12.2. The molecule has 6 heteroatoms. The zero-order valence-corrected chi connectivity index (χ0v) is 18.5. The smallest absolute Gasteiger partial charge is 0.0797 e. The third-order valence-electron chi connectivity index (χ3n) is 4.85. The average Bonchev–Trinajstić information content (AvgIpc) is 3.10. The third kappa shape index (κ3) is 10.1. The van der Waals surface area contributed by atoms with E-state index in [1.807, 2.05) is 24.2 Å². The Labute approximate surface area is 173 Å². The van der Waals surface area contributed by atoms with Gasteiger partial charge in [0.1, 0.15) is 0 Å². The minimum absolute atomic E-state index is 0.631. The Kier molecular flexibility index (Phi) is 12.4. The van der Waals surface area contributed by atoms with E-state index in [4.69, 9.17) is 14.2 Å². The van der Waals surface area contributed by atoms with Crippen LogP contribution in [-0.2, 0) is 20.6 Å². The second kappa shape index (κ2) is 14.6. The van der Waals surface area contributed by atoms with Gasteiger partial charge in [-0.2, -0.15) is 11.8 Å². The molecule has 0 bridgehead atoms. The number of allylic oxidation sites excluding steroid dienone is 2. The predicted octanol–water partition coefficient (Wildman–Crippen LogP) is 4.77. The van der Waals surface area contributed by atoms with Gasteiger partial charge in [-0.15, -0.1) is 11.3 Å². The number of aryl methyl sites for hydroxylation is 1. The molecule has 4 nitrogen and oxygen atoms in total. The van der Waals surface area contributed by atoms with Crippen molar-refractivity contribution in [3.63, 3.8) is 0 Å². The maximum atomic E-state index is 5.64. The van der Waals surface area contributed by atoms with Crippen LogP contribution in [0.25, 0.3) is 0 Å². The van der Waals surface area contributed by atoms with Crippen molar-refractivity contribution in [2.75, 3.05) is 51.1 Å². The normalized spacial score (nSPS) is 19.6. The van der Waals surface area contributed by atoms with Crippen LogP contribution in [0.3, 0.4) is 0 Å². The van der Waals surface area contributed by atoms with Crippen molar-refractivity contribution >= 4 is 23.1 Å². The maximum absolute atomic E-state index is 5.64. The molecule has 0 saturated heterocycles. The number of rotatable bonds is 15. The molecule has 2 unspecified atom stereocenters. The fourth-order valence-electron chi connectivity index (χ4n) is 3.04. The van der Waals surface area contributed by atoms with Gasteiger partial charge in [-0.1, -0.05) is 19.1 Å². The first-order valence-electron chi connectivity index (χ1n) is 10.2. The molecular weight excluding hydrogens is 378 g/mol. The molecule has 0 aliphatic heterocycles. The summed E-state index contributed by atoms with van der Waals surface area (Å²) in [4.78, 5) is 5.55. The second-order valence-corrected chi connectivity index (χ2v) is 9.00. The molecule has 1 aromatic rings. The number of hydrogen-bond acceptors (Lipinski definition) is 6. The highest BCUT2D eigenvalue weighted by Gasteiger charge is 2.14. The molecule has 0 saturated carbocycles. The first kappa shape index (κ1) is 22.9. The van der Waals surface area contributed by atoms with Crippen molar-refractivity contribution < 1.29 is 14.2 Å². The number of ether oxygens (including phenoxy) is 3. The van der Waals surface area contributed by atoms with Gasteiger partial charge in [-0.05, 0) is 43.8 Å². The summed E-state index contributed by atoms with van der Waals surface area (Å²) in [5.74, 6) is 3.89. The van der Waals surface area contributed by atoms with Gasteiger partial charge in [0, 0.05) is 17.1 Å². The van der Waals surface area contributed by atoms with Crippen molar-refractivity contribution in [2.24, 2.45) is 11.8 Å². The van der Waals surface area contributed by atoms with Gasteiger partial charge < -0.3 is 14.2 Å². The molecule has 1 aliphatic carbocycles. The van der Waals surface area contributed by atoms with Gasteiger partial charge in [0.25, 0.3) is 0 Å². The Balaban J connectivity index is 1.30. The van der Waals surface area contributed by atoms with Crippen molar-refractivity contribution in [1.82, 2.24) is 4.98 Å². The summed E-state index contributed by atoms with van der Waals surface area (Å²) in [7, 11) is 0. The fourth-order valence-corrected chi connectivity index (χ4v) is 4.78. The van der Waals surface area contributed by atoms with Crippen molar-refractivity contribution in [3.05, 3.63) is 28.2 Å². The number of thioether (sulfide) groups is 1. The minimum atomic E-state index is 0.631. The van der Waals surface area contributed by atoms with E-state index >= 15 is 0 Å². The van der Waals surface area contributed by atoms with Crippen LogP contribution in [0.5, 0.6) is 0 Å². The molecule has 0 spiro atoms. The molecule has 1 aliphatic rings. The predicted molar refractivity (Wildman–Crippen MR) is 116 cm³/mol. The van der Waals surface area contributed by atoms with Crippen LogP contribution in [0, 0.1) is 18.8 Å². The van der Waals surface area contributed by atoms with E-state index in [0.717, 1.165) is 42.9 Å². The number of thiazole rings is 1. The highest BCUT2D eigenvalue weighted by atomic mass is 32.2. The molecule has 0 N–H and O–H groups in total. The van der Waals surface area contributed by atoms with Crippen molar-refractivity contribution in [2.45, 2.75) is 39.5 Å². The van der Waals surface area contributed by atoms with Crippen molar-refractivity contribution in [3.8, 4) is 0 Å². The molecule has 27 heavy (non-hydrogen) atoms. The van der Waals surface area contributed by atoms with Gasteiger partial charge >= 0.3 is 0 Å². The molecule has 0 aromatic carbocycles. The van der Waals surface area contributed by atoms with Crippen LogP contribution in [0.2, 0.25) is 0 Å². The van der Waals surface area contributed by atoms with Crippen LogP contribution in [0.1, 0.15) is 36.8 Å². The van der Waals surface area contributed by atoms with Gasteiger partial charge in [0.2, 0.25) is 0 Å². The van der Waals surface area contributed by atoms with E-state index in [9.17, 15) is 0 Å². The molecule has 154 valence electrons. The molecule has 1 heterocycles. The molecule has 2 atom stereocenters.